The molecule has 0 saturated heterocycles. The van der Waals surface area contributed by atoms with Crippen LogP contribution in [0.5, 0.6) is 0 Å². The molecule has 1 heterocycles. The van der Waals surface area contributed by atoms with Crippen LogP contribution in [0, 0.1) is 6.92 Å². The average Bonchev–Trinajstić information content (AvgIpc) is 2.86. The third kappa shape index (κ3) is 3.45. The first kappa shape index (κ1) is 14.7. The molecule has 4 heteroatoms. The van der Waals surface area contributed by atoms with Gasteiger partial charge in [-0.3, -0.25) is 0 Å². The lowest BCUT2D eigenvalue weighted by molar-refractivity contribution is 0.468. The van der Waals surface area contributed by atoms with E-state index in [9.17, 15) is 0 Å². The summed E-state index contributed by atoms with van der Waals surface area (Å²) in [5, 5.41) is 7.87. The largest absolute Gasteiger partial charge is 0.310 e. The van der Waals surface area contributed by atoms with Crippen molar-refractivity contribution in [1.82, 2.24) is 20.1 Å². The molecule has 108 valence electrons. The molecule has 0 bridgehead atoms. The molecule has 0 spiro atoms. The van der Waals surface area contributed by atoms with Crippen LogP contribution in [0.4, 0.5) is 0 Å². The molecule has 0 saturated carbocycles. The maximum atomic E-state index is 4.42. The molecule has 1 atom stereocenters. The van der Waals surface area contributed by atoms with Crippen LogP contribution in [0.2, 0.25) is 0 Å². The molecule has 20 heavy (non-hydrogen) atoms. The van der Waals surface area contributed by atoms with Crippen LogP contribution in [0.3, 0.4) is 0 Å². The Bertz CT molecular complexity index is 545. The van der Waals surface area contributed by atoms with E-state index in [2.05, 4.69) is 67.4 Å². The van der Waals surface area contributed by atoms with E-state index in [-0.39, 0.29) is 6.04 Å². The number of aromatic nitrogens is 3. The maximum absolute atomic E-state index is 4.42. The van der Waals surface area contributed by atoms with Crippen LogP contribution in [0.1, 0.15) is 49.8 Å². The van der Waals surface area contributed by atoms with Crippen molar-refractivity contribution < 1.29 is 0 Å². The standard InChI is InChI=1S/C16H24N4/c1-5-17-15(14-8-6-7-13(4)9-14)10-16-18-11-19-20(16)12(2)3/h6-9,11-12,15,17H,5,10H2,1-4H3. The lowest BCUT2D eigenvalue weighted by Crippen LogP contribution is -2.25. The van der Waals surface area contributed by atoms with Crippen LogP contribution >= 0.6 is 0 Å². The van der Waals surface area contributed by atoms with Gasteiger partial charge >= 0.3 is 0 Å². The van der Waals surface area contributed by atoms with Crippen molar-refractivity contribution in [2.24, 2.45) is 0 Å². The summed E-state index contributed by atoms with van der Waals surface area (Å²) in [7, 11) is 0. The fraction of sp³-hybridized carbons (Fsp3) is 0.500. The van der Waals surface area contributed by atoms with Gasteiger partial charge in [0.05, 0.1) is 0 Å². The van der Waals surface area contributed by atoms with E-state index in [1.807, 2.05) is 4.68 Å². The lowest BCUT2D eigenvalue weighted by Gasteiger charge is -2.19. The Kier molecular flexibility index (Phi) is 4.90. The number of nitrogens with one attached hydrogen (secondary N) is 1. The van der Waals surface area contributed by atoms with E-state index in [0.717, 1.165) is 18.8 Å². The highest BCUT2D eigenvalue weighted by atomic mass is 15.3. The van der Waals surface area contributed by atoms with E-state index < -0.39 is 0 Å². The molecule has 1 N–H and O–H groups in total. The maximum Gasteiger partial charge on any atom is 0.138 e. The summed E-state index contributed by atoms with van der Waals surface area (Å²) < 4.78 is 2.00. The molecular weight excluding hydrogens is 248 g/mol. The Morgan fingerprint density at radius 2 is 2.10 bits per heavy atom. The minimum atomic E-state index is 0.279. The van der Waals surface area contributed by atoms with Crippen molar-refractivity contribution in [3.63, 3.8) is 0 Å². The zero-order chi connectivity index (χ0) is 14.5. The van der Waals surface area contributed by atoms with Crippen molar-refractivity contribution in [1.29, 1.82) is 0 Å². The zero-order valence-corrected chi connectivity index (χ0v) is 12.8. The van der Waals surface area contributed by atoms with Gasteiger partial charge in [0.2, 0.25) is 0 Å². The Morgan fingerprint density at radius 3 is 2.75 bits per heavy atom. The fourth-order valence-electron chi connectivity index (χ4n) is 2.48. The summed E-state index contributed by atoms with van der Waals surface area (Å²) in [6.45, 7) is 9.47. The average molecular weight is 272 g/mol. The number of rotatable bonds is 6. The minimum Gasteiger partial charge on any atom is -0.310 e. The van der Waals surface area contributed by atoms with E-state index in [0.29, 0.717) is 6.04 Å². The number of hydrogen-bond donors (Lipinski definition) is 1. The number of nitrogens with zero attached hydrogens (tertiary/aromatic N) is 3. The Hall–Kier alpha value is -1.68. The summed E-state index contributed by atoms with van der Waals surface area (Å²) in [4.78, 5) is 4.42. The van der Waals surface area contributed by atoms with Crippen LogP contribution in [-0.2, 0) is 6.42 Å². The van der Waals surface area contributed by atoms with Gasteiger partial charge in [-0.15, -0.1) is 0 Å². The quantitative estimate of drug-likeness (QED) is 0.879. The molecule has 1 aromatic carbocycles. The van der Waals surface area contributed by atoms with E-state index in [1.165, 1.54) is 11.1 Å². The van der Waals surface area contributed by atoms with Crippen LogP contribution in [-0.4, -0.2) is 21.3 Å². The van der Waals surface area contributed by atoms with Gasteiger partial charge in [-0.05, 0) is 32.9 Å². The Balaban J connectivity index is 2.23. The highest BCUT2D eigenvalue weighted by Crippen LogP contribution is 2.19. The second-order valence-corrected chi connectivity index (χ2v) is 5.44. The Morgan fingerprint density at radius 1 is 1.30 bits per heavy atom. The molecule has 0 aliphatic heterocycles. The Labute approximate surface area is 121 Å². The van der Waals surface area contributed by atoms with Gasteiger partial charge in [-0.25, -0.2) is 9.67 Å². The van der Waals surface area contributed by atoms with Gasteiger partial charge < -0.3 is 5.32 Å². The molecule has 1 aromatic heterocycles. The second-order valence-electron chi connectivity index (χ2n) is 5.44. The monoisotopic (exact) mass is 272 g/mol. The first-order valence-electron chi connectivity index (χ1n) is 7.30. The molecule has 0 radical (unpaired) electrons. The summed E-state index contributed by atoms with van der Waals surface area (Å²) >= 11 is 0. The second kappa shape index (κ2) is 6.66. The van der Waals surface area contributed by atoms with Gasteiger partial charge in [-0.1, -0.05) is 36.8 Å². The topological polar surface area (TPSA) is 42.7 Å². The van der Waals surface area contributed by atoms with Gasteiger partial charge in [0.1, 0.15) is 12.2 Å². The smallest absolute Gasteiger partial charge is 0.138 e. The number of hydrogen-bond acceptors (Lipinski definition) is 3. The molecule has 4 nitrogen and oxygen atoms in total. The van der Waals surface area contributed by atoms with Crippen LogP contribution < -0.4 is 5.32 Å². The third-order valence-corrected chi connectivity index (χ3v) is 3.42. The summed E-state index contributed by atoms with van der Waals surface area (Å²) in [6, 6.07) is 9.28. The number of benzene rings is 1. The molecule has 1 unspecified atom stereocenters. The number of likely N-dealkylation sites (N-methyl/N-ethyl adjacent to an activating group) is 1. The van der Waals surface area contributed by atoms with Gasteiger partial charge in [0.15, 0.2) is 0 Å². The lowest BCUT2D eigenvalue weighted by atomic mass is 10.0. The SMILES string of the molecule is CCNC(Cc1ncnn1C(C)C)c1cccc(C)c1. The molecule has 2 aromatic rings. The van der Waals surface area contributed by atoms with Crippen LogP contribution in [0.15, 0.2) is 30.6 Å². The van der Waals surface area contributed by atoms with Crippen molar-refractivity contribution in [3.8, 4) is 0 Å². The number of aryl methyl sites for hydroxylation is 1. The first-order chi connectivity index (χ1) is 9.61. The summed E-state index contributed by atoms with van der Waals surface area (Å²) in [5.41, 5.74) is 2.60. The normalized spacial score (nSPS) is 12.8. The molecule has 0 fully saturated rings. The summed E-state index contributed by atoms with van der Waals surface area (Å²) in [6.07, 6.45) is 2.50. The molecule has 0 aliphatic carbocycles. The van der Waals surface area contributed by atoms with Crippen molar-refractivity contribution in [2.75, 3.05) is 6.54 Å². The van der Waals surface area contributed by atoms with Gasteiger partial charge in [0.25, 0.3) is 0 Å². The van der Waals surface area contributed by atoms with Crippen molar-refractivity contribution >= 4 is 0 Å². The predicted molar refractivity (Wildman–Crippen MR) is 81.7 cm³/mol. The molecular formula is C16H24N4. The van der Waals surface area contributed by atoms with Gasteiger partial charge in [-0.2, -0.15) is 5.10 Å². The van der Waals surface area contributed by atoms with Gasteiger partial charge in [0, 0.05) is 18.5 Å². The van der Waals surface area contributed by atoms with Crippen molar-refractivity contribution in [2.45, 2.75) is 46.2 Å². The molecule has 0 amide bonds. The fourth-order valence-corrected chi connectivity index (χ4v) is 2.48. The highest BCUT2D eigenvalue weighted by Gasteiger charge is 2.16. The first-order valence-corrected chi connectivity index (χ1v) is 7.30. The van der Waals surface area contributed by atoms with Crippen LogP contribution in [0.25, 0.3) is 0 Å². The van der Waals surface area contributed by atoms with Crippen molar-refractivity contribution in [3.05, 3.63) is 47.5 Å². The molecule has 0 aliphatic rings. The zero-order valence-electron chi connectivity index (χ0n) is 12.8. The minimum absolute atomic E-state index is 0.279. The van der Waals surface area contributed by atoms with E-state index in [4.69, 9.17) is 0 Å². The molecule has 2 rings (SSSR count). The highest BCUT2D eigenvalue weighted by molar-refractivity contribution is 5.25. The predicted octanol–water partition coefficient (Wildman–Crippen LogP) is 3.06. The van der Waals surface area contributed by atoms with E-state index >= 15 is 0 Å². The summed E-state index contributed by atoms with van der Waals surface area (Å²) in [5.74, 6) is 1.03. The third-order valence-electron chi connectivity index (χ3n) is 3.42. The van der Waals surface area contributed by atoms with E-state index in [1.54, 1.807) is 6.33 Å².